The average molecular weight is 830 g/mol. The van der Waals surface area contributed by atoms with Gasteiger partial charge in [-0.25, -0.2) is 13.6 Å². The van der Waals surface area contributed by atoms with Gasteiger partial charge in [-0.2, -0.15) is 0 Å². The van der Waals surface area contributed by atoms with Gasteiger partial charge in [-0.1, -0.05) is 69.9 Å². The number of ether oxygens (including phenoxy) is 2. The number of carbonyl (C=O) groups is 1. The van der Waals surface area contributed by atoms with Gasteiger partial charge in [-0.05, 0) is 62.4 Å². The van der Waals surface area contributed by atoms with Crippen LogP contribution in [0.2, 0.25) is 10.0 Å². The first-order chi connectivity index (χ1) is 28.1. The van der Waals surface area contributed by atoms with E-state index in [0.717, 1.165) is 11.4 Å². The number of urea groups is 1. The van der Waals surface area contributed by atoms with Crippen LogP contribution in [0.15, 0.2) is 94.0 Å². The number of para-hydroxylation sites is 4. The Kier molecular flexibility index (Phi) is 10.9. The third-order valence-corrected chi connectivity index (χ3v) is 11.6. The lowest BCUT2D eigenvalue weighted by Gasteiger charge is -2.48. The molecule has 11 nitrogen and oxygen atoms in total. The Balaban J connectivity index is 1.26. The molecule has 2 aliphatic heterocycles. The monoisotopic (exact) mass is 828 g/mol. The second kappa shape index (κ2) is 16.2. The number of anilines is 2. The predicted molar refractivity (Wildman–Crippen MR) is 218 cm³/mol. The van der Waals surface area contributed by atoms with Crippen molar-refractivity contribution < 1.29 is 32.1 Å². The van der Waals surface area contributed by atoms with Gasteiger partial charge in [0.15, 0.2) is 0 Å². The Labute approximate surface area is 344 Å². The fraction of sp³-hybridized carbons (Fsp3) is 0.279. The first-order valence-electron chi connectivity index (χ1n) is 18.8. The Morgan fingerprint density at radius 1 is 0.638 bits per heavy atom. The molecule has 4 heterocycles. The Bertz CT molecular complexity index is 2270. The summed E-state index contributed by atoms with van der Waals surface area (Å²) in [5, 5.41) is 8.96. The lowest BCUT2D eigenvalue weighted by atomic mass is 9.94. The maximum absolute atomic E-state index is 15.6. The van der Waals surface area contributed by atoms with Gasteiger partial charge in [-0.15, -0.1) is 0 Å². The van der Waals surface area contributed by atoms with E-state index in [1.807, 2.05) is 48.5 Å². The van der Waals surface area contributed by atoms with Crippen LogP contribution in [0.1, 0.15) is 34.7 Å². The zero-order chi connectivity index (χ0) is 40.7. The molecule has 15 heteroatoms. The van der Waals surface area contributed by atoms with E-state index in [0.29, 0.717) is 47.2 Å². The fourth-order valence-electron chi connectivity index (χ4n) is 8.25. The smallest absolute Gasteiger partial charge is 0.321 e. The number of nitrogens with zero attached hydrogens (tertiary/aromatic N) is 6. The molecule has 2 atom stereocenters. The molecule has 0 spiro atoms. The Morgan fingerprint density at radius 3 is 1.45 bits per heavy atom. The number of carbonyl (C=O) groups excluding carboxylic acids is 1. The molecule has 6 aromatic rings. The van der Waals surface area contributed by atoms with Crippen molar-refractivity contribution in [2.45, 2.75) is 25.9 Å². The molecule has 2 aromatic heterocycles. The summed E-state index contributed by atoms with van der Waals surface area (Å²) in [6, 6.07) is 22.4. The third-order valence-electron chi connectivity index (χ3n) is 11.0. The van der Waals surface area contributed by atoms with Gasteiger partial charge < -0.3 is 38.1 Å². The summed E-state index contributed by atoms with van der Waals surface area (Å²) in [5.41, 5.74) is 3.25. The fourth-order valence-corrected chi connectivity index (χ4v) is 8.76. The topological polar surface area (TPSA) is 101 Å². The van der Waals surface area contributed by atoms with E-state index in [1.54, 1.807) is 50.0 Å². The molecule has 2 fully saturated rings. The molecule has 0 aliphatic carbocycles. The van der Waals surface area contributed by atoms with Gasteiger partial charge in [-0.3, -0.25) is 0 Å². The largest absolute Gasteiger partial charge is 0.495 e. The minimum atomic E-state index is -0.708. The summed E-state index contributed by atoms with van der Waals surface area (Å²) in [4.78, 5) is 23.4. The van der Waals surface area contributed by atoms with Gasteiger partial charge in [0.05, 0.1) is 58.9 Å². The van der Waals surface area contributed by atoms with E-state index in [4.69, 9.17) is 41.7 Å². The van der Waals surface area contributed by atoms with E-state index in [-0.39, 0.29) is 64.8 Å². The van der Waals surface area contributed by atoms with Crippen molar-refractivity contribution in [2.24, 2.45) is 0 Å². The number of rotatable bonds is 8. The second-order valence-electron chi connectivity index (χ2n) is 14.1. The van der Waals surface area contributed by atoms with Crippen molar-refractivity contribution in [2.75, 3.05) is 63.3 Å². The summed E-state index contributed by atoms with van der Waals surface area (Å²) in [6.45, 7) is 5.43. The number of piperazine rings is 2. The SMILES string of the molecule is COc1ccccc1N1CCN(C(=O)N2CCN(c3ccccc3OC)C[C@H]2c2c(-c3c(F)cccc3Cl)noc2C)[C@H](c2c(-c3c(F)cccc3Cl)noc2C)C1. The van der Waals surface area contributed by atoms with E-state index in [9.17, 15) is 0 Å². The lowest BCUT2D eigenvalue weighted by molar-refractivity contribution is 0.104. The zero-order valence-corrected chi connectivity index (χ0v) is 33.7. The number of halogens is 4. The highest BCUT2D eigenvalue weighted by molar-refractivity contribution is 6.33. The summed E-state index contributed by atoms with van der Waals surface area (Å²) >= 11 is 13.3. The van der Waals surface area contributed by atoms with Crippen LogP contribution in [0.25, 0.3) is 22.5 Å². The first-order valence-corrected chi connectivity index (χ1v) is 19.5. The van der Waals surface area contributed by atoms with Crippen LogP contribution in [0.5, 0.6) is 11.5 Å². The number of aromatic nitrogens is 2. The van der Waals surface area contributed by atoms with E-state index in [1.165, 1.54) is 24.3 Å². The highest BCUT2D eigenvalue weighted by atomic mass is 35.5. The Hall–Kier alpha value is -5.79. The van der Waals surface area contributed by atoms with Crippen molar-refractivity contribution in [1.29, 1.82) is 0 Å². The summed E-state index contributed by atoms with van der Waals surface area (Å²) in [6.07, 6.45) is 0. The molecule has 58 heavy (non-hydrogen) atoms. The van der Waals surface area contributed by atoms with E-state index < -0.39 is 23.7 Å². The van der Waals surface area contributed by atoms with E-state index in [2.05, 4.69) is 20.1 Å². The molecule has 0 saturated carbocycles. The number of aryl methyl sites for hydroxylation is 2. The molecule has 0 N–H and O–H groups in total. The maximum Gasteiger partial charge on any atom is 0.321 e. The van der Waals surface area contributed by atoms with Crippen LogP contribution in [0, 0.1) is 25.5 Å². The first kappa shape index (κ1) is 39.1. The number of benzene rings is 4. The van der Waals surface area contributed by atoms with E-state index >= 15 is 13.6 Å². The minimum absolute atomic E-state index is 0.0765. The van der Waals surface area contributed by atoms with Crippen molar-refractivity contribution in [3.63, 3.8) is 0 Å². The average Bonchev–Trinajstić information content (AvgIpc) is 3.81. The third kappa shape index (κ3) is 6.96. The molecule has 4 aromatic carbocycles. The van der Waals surface area contributed by atoms with Gasteiger partial charge in [0.1, 0.15) is 46.0 Å². The van der Waals surface area contributed by atoms with Crippen LogP contribution >= 0.6 is 23.2 Å². The molecule has 2 aliphatic rings. The maximum atomic E-state index is 15.6. The zero-order valence-electron chi connectivity index (χ0n) is 32.2. The number of hydrogen-bond acceptors (Lipinski definition) is 9. The van der Waals surface area contributed by atoms with Crippen LogP contribution in [0.3, 0.4) is 0 Å². The second-order valence-corrected chi connectivity index (χ2v) is 14.9. The van der Waals surface area contributed by atoms with Crippen LogP contribution in [-0.4, -0.2) is 79.6 Å². The number of hydrogen-bond donors (Lipinski definition) is 0. The van der Waals surface area contributed by atoms with Crippen LogP contribution in [-0.2, 0) is 0 Å². The van der Waals surface area contributed by atoms with Gasteiger partial charge in [0.25, 0.3) is 0 Å². The highest BCUT2D eigenvalue weighted by Gasteiger charge is 2.44. The standard InChI is InChI=1S/C43H40Cl2F2N6O5/c1-25-37(41(48-57-25)39-27(44)11-9-13-29(39)46)33-23-50(31-15-5-7-17-35(31)55-3)19-21-52(33)43(54)53-22-20-51(32-16-6-8-18-36(32)56-4)24-34(53)38-26(2)58-49-42(38)40-28(45)12-10-14-30(40)47/h5-18,33-34H,19-24H2,1-4H3/t33-,34-/m0/s1. The van der Waals surface area contributed by atoms with Crippen molar-refractivity contribution >= 4 is 40.6 Å². The quantitative estimate of drug-likeness (QED) is 0.149. The lowest BCUT2D eigenvalue weighted by Crippen LogP contribution is -2.59. The Morgan fingerprint density at radius 2 is 1.05 bits per heavy atom. The van der Waals surface area contributed by atoms with Crippen LogP contribution < -0.4 is 19.3 Å². The van der Waals surface area contributed by atoms with Gasteiger partial charge >= 0.3 is 6.03 Å². The summed E-state index contributed by atoms with van der Waals surface area (Å²) in [7, 11) is 3.22. The molecular formula is C43H40Cl2F2N6O5. The van der Waals surface area contributed by atoms with Gasteiger partial charge in [0, 0.05) is 50.4 Å². The minimum Gasteiger partial charge on any atom is -0.495 e. The predicted octanol–water partition coefficient (Wildman–Crippen LogP) is 9.76. The number of methoxy groups -OCH3 is 2. The molecule has 0 radical (unpaired) electrons. The molecule has 2 amide bonds. The molecule has 0 unspecified atom stereocenters. The number of amides is 2. The molecular weight excluding hydrogens is 789 g/mol. The van der Waals surface area contributed by atoms with Crippen LogP contribution in [0.4, 0.5) is 25.0 Å². The van der Waals surface area contributed by atoms with Crippen molar-refractivity contribution in [3.8, 4) is 34.0 Å². The normalized spacial score (nSPS) is 17.2. The molecule has 300 valence electrons. The summed E-state index contributed by atoms with van der Waals surface area (Å²) < 4.78 is 54.3. The molecule has 0 bridgehead atoms. The van der Waals surface area contributed by atoms with Crippen molar-refractivity contribution in [3.05, 3.63) is 129 Å². The molecule has 2 saturated heterocycles. The summed E-state index contributed by atoms with van der Waals surface area (Å²) in [5.74, 6) is 0.982. The molecule has 8 rings (SSSR count). The van der Waals surface area contributed by atoms with Gasteiger partial charge in [0.2, 0.25) is 0 Å². The highest BCUT2D eigenvalue weighted by Crippen LogP contribution is 2.45. The van der Waals surface area contributed by atoms with Crippen molar-refractivity contribution in [1.82, 2.24) is 20.1 Å².